The Morgan fingerprint density at radius 2 is 1.72 bits per heavy atom. The number of rotatable bonds is 8. The lowest BCUT2D eigenvalue weighted by molar-refractivity contribution is 0.275. The Kier molecular flexibility index (Phi) is 7.22. The van der Waals surface area contributed by atoms with Gasteiger partial charge in [0.25, 0.3) is 0 Å². The highest BCUT2D eigenvalue weighted by atomic mass is 35.5. The second-order valence-electron chi connectivity index (χ2n) is 5.10. The lowest BCUT2D eigenvalue weighted by Crippen LogP contribution is -2.01. The highest BCUT2D eigenvalue weighted by Crippen LogP contribution is 2.38. The lowest BCUT2D eigenvalue weighted by atomic mass is 10.2. The van der Waals surface area contributed by atoms with E-state index in [4.69, 9.17) is 37.4 Å². The fraction of sp³-hybridized carbons (Fsp3) is 0.278. The lowest BCUT2D eigenvalue weighted by Gasteiger charge is -2.14. The number of nitrogens with one attached hydrogen (secondary N) is 1. The first kappa shape index (κ1) is 19.2. The highest BCUT2D eigenvalue weighted by Gasteiger charge is 2.13. The van der Waals surface area contributed by atoms with Gasteiger partial charge < -0.3 is 14.2 Å². The molecule has 2 rings (SSSR count). The fourth-order valence-electron chi connectivity index (χ4n) is 2.07. The molecule has 2 aromatic rings. The smallest absolute Gasteiger partial charge is 0.203 e. The zero-order valence-corrected chi connectivity index (χ0v) is 15.8. The van der Waals surface area contributed by atoms with Gasteiger partial charge in [-0.15, -0.1) is 0 Å². The second-order valence-corrected chi connectivity index (χ2v) is 5.92. The summed E-state index contributed by atoms with van der Waals surface area (Å²) in [5.74, 6) is 1.76. The van der Waals surface area contributed by atoms with Crippen molar-refractivity contribution < 1.29 is 14.2 Å². The number of hydrogen-bond acceptors (Lipinski definition) is 5. The Balaban J connectivity index is 2.19. The van der Waals surface area contributed by atoms with Crippen molar-refractivity contribution in [3.8, 4) is 17.2 Å². The Bertz CT molecular complexity index is 726. The molecule has 0 saturated carbocycles. The molecular weight excluding hydrogens is 363 g/mol. The molecule has 1 N–H and O–H groups in total. The first-order valence-electron chi connectivity index (χ1n) is 7.72. The van der Waals surface area contributed by atoms with Crippen LogP contribution in [0.3, 0.4) is 0 Å². The largest absolute Gasteiger partial charge is 0.493 e. The molecule has 0 aromatic heterocycles. The first-order valence-corrected chi connectivity index (χ1v) is 8.47. The van der Waals surface area contributed by atoms with Crippen LogP contribution in [0.1, 0.15) is 18.9 Å². The number of benzene rings is 2. The molecule has 0 radical (unpaired) electrons. The van der Waals surface area contributed by atoms with Gasteiger partial charge in [0, 0.05) is 5.56 Å². The van der Waals surface area contributed by atoms with Gasteiger partial charge in [-0.05, 0) is 36.8 Å². The van der Waals surface area contributed by atoms with E-state index < -0.39 is 0 Å². The van der Waals surface area contributed by atoms with Crippen LogP contribution < -0.4 is 19.6 Å². The summed E-state index contributed by atoms with van der Waals surface area (Å²) >= 11 is 11.9. The monoisotopic (exact) mass is 382 g/mol. The third-order valence-electron chi connectivity index (χ3n) is 3.26. The molecule has 0 fully saturated rings. The molecule has 2 aromatic carbocycles. The molecule has 0 aliphatic rings. The molecule has 0 saturated heterocycles. The zero-order valence-electron chi connectivity index (χ0n) is 14.3. The molecule has 0 amide bonds. The van der Waals surface area contributed by atoms with Crippen LogP contribution in [-0.2, 0) is 0 Å². The Morgan fingerprint density at radius 1 is 1.04 bits per heavy atom. The number of halogens is 2. The van der Waals surface area contributed by atoms with Crippen molar-refractivity contribution in [2.75, 3.05) is 26.3 Å². The maximum absolute atomic E-state index is 5.98. The highest BCUT2D eigenvalue weighted by molar-refractivity contribution is 6.42. The van der Waals surface area contributed by atoms with Gasteiger partial charge in [0.1, 0.15) is 0 Å². The van der Waals surface area contributed by atoms with Crippen LogP contribution in [0.15, 0.2) is 35.4 Å². The van der Waals surface area contributed by atoms with Crippen LogP contribution in [0.2, 0.25) is 10.0 Å². The van der Waals surface area contributed by atoms with E-state index in [-0.39, 0.29) is 0 Å². The molecule has 134 valence electrons. The van der Waals surface area contributed by atoms with Crippen molar-refractivity contribution in [2.24, 2.45) is 5.10 Å². The quantitative estimate of drug-likeness (QED) is 0.500. The molecule has 0 aliphatic heterocycles. The molecule has 0 bridgehead atoms. The maximum Gasteiger partial charge on any atom is 0.203 e. The third kappa shape index (κ3) is 5.18. The van der Waals surface area contributed by atoms with Crippen molar-refractivity contribution in [2.45, 2.75) is 13.3 Å². The summed E-state index contributed by atoms with van der Waals surface area (Å²) in [7, 11) is 3.17. The van der Waals surface area contributed by atoms with E-state index in [1.165, 1.54) is 0 Å². The number of ether oxygens (including phenoxy) is 3. The van der Waals surface area contributed by atoms with Gasteiger partial charge in [0.05, 0.1) is 42.8 Å². The van der Waals surface area contributed by atoms with E-state index in [0.29, 0.717) is 33.9 Å². The molecule has 0 atom stereocenters. The average molecular weight is 383 g/mol. The fourth-order valence-corrected chi connectivity index (χ4v) is 2.37. The third-order valence-corrected chi connectivity index (χ3v) is 4.00. The Morgan fingerprint density at radius 3 is 2.28 bits per heavy atom. The van der Waals surface area contributed by atoms with Gasteiger partial charge in [-0.2, -0.15) is 5.10 Å². The molecule has 0 unspecified atom stereocenters. The van der Waals surface area contributed by atoms with Crippen LogP contribution in [-0.4, -0.2) is 27.0 Å². The minimum Gasteiger partial charge on any atom is -0.493 e. The van der Waals surface area contributed by atoms with E-state index in [9.17, 15) is 0 Å². The van der Waals surface area contributed by atoms with Crippen LogP contribution >= 0.6 is 23.2 Å². The summed E-state index contributed by atoms with van der Waals surface area (Å²) in [5, 5.41) is 5.15. The number of nitrogens with zero attached hydrogens (tertiary/aromatic N) is 1. The number of anilines is 1. The van der Waals surface area contributed by atoms with Crippen LogP contribution in [0.4, 0.5) is 5.69 Å². The Hall–Kier alpha value is -2.11. The summed E-state index contributed by atoms with van der Waals surface area (Å²) in [6.45, 7) is 2.62. The van der Waals surface area contributed by atoms with Crippen LogP contribution in [0.5, 0.6) is 17.2 Å². The average Bonchev–Trinajstić information content (AvgIpc) is 2.62. The van der Waals surface area contributed by atoms with Crippen molar-refractivity contribution >= 4 is 35.1 Å². The van der Waals surface area contributed by atoms with Crippen LogP contribution in [0, 0.1) is 0 Å². The van der Waals surface area contributed by atoms with E-state index in [2.05, 4.69) is 10.5 Å². The minimum absolute atomic E-state index is 0.461. The van der Waals surface area contributed by atoms with Crippen molar-refractivity contribution in [1.29, 1.82) is 0 Å². The molecule has 0 spiro atoms. The van der Waals surface area contributed by atoms with Crippen molar-refractivity contribution in [3.63, 3.8) is 0 Å². The van der Waals surface area contributed by atoms with Gasteiger partial charge in [0.2, 0.25) is 5.75 Å². The number of methoxy groups -OCH3 is 2. The van der Waals surface area contributed by atoms with Crippen molar-refractivity contribution in [3.05, 3.63) is 45.9 Å². The van der Waals surface area contributed by atoms with Gasteiger partial charge in [-0.3, -0.25) is 5.43 Å². The summed E-state index contributed by atoms with van der Waals surface area (Å²) < 4.78 is 16.5. The molecule has 7 heteroatoms. The Labute approximate surface area is 157 Å². The summed E-state index contributed by atoms with van der Waals surface area (Å²) in [6, 6.07) is 8.84. The molecule has 0 heterocycles. The van der Waals surface area contributed by atoms with E-state index >= 15 is 0 Å². The SMILES string of the molecule is CCCOc1c(OC)cc(C=NNc2ccc(Cl)c(Cl)c2)cc1OC. The summed E-state index contributed by atoms with van der Waals surface area (Å²) in [5.41, 5.74) is 4.42. The first-order chi connectivity index (χ1) is 12.1. The van der Waals surface area contributed by atoms with Gasteiger partial charge in [-0.25, -0.2) is 0 Å². The predicted octanol–water partition coefficient (Wildman–Crippen LogP) is 5.25. The molecule has 25 heavy (non-hydrogen) atoms. The number of hydrazone groups is 1. The summed E-state index contributed by atoms with van der Waals surface area (Å²) in [6.07, 6.45) is 2.54. The standard InChI is InChI=1S/C18H20Cl2N2O3/c1-4-7-25-18-16(23-2)8-12(9-17(18)24-3)11-21-22-13-5-6-14(19)15(20)10-13/h5-6,8-11,22H,4,7H2,1-3H3. The summed E-state index contributed by atoms with van der Waals surface area (Å²) in [4.78, 5) is 0. The van der Waals surface area contributed by atoms with E-state index in [0.717, 1.165) is 17.7 Å². The molecule has 5 nitrogen and oxygen atoms in total. The van der Waals surface area contributed by atoms with Crippen molar-refractivity contribution in [1.82, 2.24) is 0 Å². The zero-order chi connectivity index (χ0) is 18.2. The topological polar surface area (TPSA) is 52.1 Å². The normalized spacial score (nSPS) is 10.8. The predicted molar refractivity (Wildman–Crippen MR) is 103 cm³/mol. The van der Waals surface area contributed by atoms with Gasteiger partial charge in [-0.1, -0.05) is 30.1 Å². The number of hydrogen-bond donors (Lipinski definition) is 1. The van der Waals surface area contributed by atoms with Crippen LogP contribution in [0.25, 0.3) is 0 Å². The van der Waals surface area contributed by atoms with Gasteiger partial charge >= 0.3 is 0 Å². The van der Waals surface area contributed by atoms with E-state index in [1.54, 1.807) is 38.6 Å². The maximum atomic E-state index is 5.98. The van der Waals surface area contributed by atoms with Gasteiger partial charge in [0.15, 0.2) is 11.5 Å². The minimum atomic E-state index is 0.461. The molecular formula is C18H20Cl2N2O3. The van der Waals surface area contributed by atoms with E-state index in [1.807, 2.05) is 19.1 Å². The second kappa shape index (κ2) is 9.39. The molecule has 0 aliphatic carbocycles.